The number of esters is 1. The number of methoxy groups -OCH3 is 1. The normalized spacial score (nSPS) is 16.2. The molecule has 1 rings (SSSR count). The topological polar surface area (TPSA) is 46.5 Å². The highest BCUT2D eigenvalue weighted by Crippen LogP contribution is 2.35. The van der Waals surface area contributed by atoms with E-state index in [0.717, 1.165) is 11.1 Å². The lowest BCUT2D eigenvalue weighted by Gasteiger charge is -2.35. The molecule has 0 aliphatic carbocycles. The lowest BCUT2D eigenvalue weighted by molar-refractivity contribution is -0.170. The fourth-order valence-electron chi connectivity index (χ4n) is 2.19. The summed E-state index contributed by atoms with van der Waals surface area (Å²) in [6.07, 6.45) is 0. The summed E-state index contributed by atoms with van der Waals surface area (Å²) in [5.74, 6) is -1.11. The zero-order valence-electron chi connectivity index (χ0n) is 11.7. The van der Waals surface area contributed by atoms with E-state index in [2.05, 4.69) is 0 Å². The minimum Gasteiger partial charge on any atom is -0.467 e. The molecule has 0 aliphatic rings. The first-order chi connectivity index (χ1) is 8.33. The van der Waals surface area contributed by atoms with Gasteiger partial charge in [0.05, 0.1) is 7.11 Å². The molecule has 0 radical (unpaired) electrons. The number of carbonyl (C=O) groups excluding carboxylic acids is 1. The van der Waals surface area contributed by atoms with Crippen LogP contribution in [0.3, 0.4) is 0 Å². The van der Waals surface area contributed by atoms with Gasteiger partial charge >= 0.3 is 5.97 Å². The molecule has 0 bridgehead atoms. The second kappa shape index (κ2) is 5.53. The second-order valence-electron chi connectivity index (χ2n) is 5.10. The summed E-state index contributed by atoms with van der Waals surface area (Å²) in [6.45, 7) is 7.49. The first-order valence-electron chi connectivity index (χ1n) is 6.21. The second-order valence-corrected chi connectivity index (χ2v) is 5.10. The third-order valence-corrected chi connectivity index (χ3v) is 3.63. The van der Waals surface area contributed by atoms with Crippen molar-refractivity contribution in [1.82, 2.24) is 0 Å². The number of aliphatic hydroxyl groups is 1. The third-order valence-electron chi connectivity index (χ3n) is 3.63. The van der Waals surface area contributed by atoms with Gasteiger partial charge in [0, 0.05) is 5.92 Å². The molecule has 1 aromatic rings. The molecule has 100 valence electrons. The number of aryl methyl sites for hydroxylation is 1. The predicted molar refractivity (Wildman–Crippen MR) is 71.4 cm³/mol. The Kier molecular flexibility index (Phi) is 4.52. The molecular formula is C15H22O3. The van der Waals surface area contributed by atoms with E-state index in [-0.39, 0.29) is 11.8 Å². The Morgan fingerprint density at radius 3 is 2.11 bits per heavy atom. The van der Waals surface area contributed by atoms with Gasteiger partial charge in [-0.3, -0.25) is 0 Å². The maximum Gasteiger partial charge on any atom is 0.338 e. The van der Waals surface area contributed by atoms with E-state index in [9.17, 15) is 9.90 Å². The van der Waals surface area contributed by atoms with E-state index in [1.807, 2.05) is 52.0 Å². The van der Waals surface area contributed by atoms with Gasteiger partial charge in [0.1, 0.15) is 0 Å². The SMILES string of the molecule is COC(=O)C(O)(C(C)C)C(C)c1ccc(C)cc1. The summed E-state index contributed by atoms with van der Waals surface area (Å²) in [5, 5.41) is 10.7. The van der Waals surface area contributed by atoms with Gasteiger partial charge in [0.15, 0.2) is 5.60 Å². The van der Waals surface area contributed by atoms with Crippen LogP contribution in [-0.4, -0.2) is 23.8 Å². The van der Waals surface area contributed by atoms with E-state index in [1.165, 1.54) is 7.11 Å². The molecule has 1 N–H and O–H groups in total. The molecule has 0 saturated heterocycles. The van der Waals surface area contributed by atoms with Gasteiger partial charge in [-0.1, -0.05) is 50.6 Å². The molecule has 2 atom stereocenters. The van der Waals surface area contributed by atoms with Gasteiger partial charge in [-0.15, -0.1) is 0 Å². The maximum absolute atomic E-state index is 11.9. The first-order valence-corrected chi connectivity index (χ1v) is 6.21. The average molecular weight is 250 g/mol. The van der Waals surface area contributed by atoms with Crippen molar-refractivity contribution in [1.29, 1.82) is 0 Å². The molecule has 3 heteroatoms. The third kappa shape index (κ3) is 2.56. The summed E-state index contributed by atoms with van der Waals surface area (Å²) in [4.78, 5) is 11.9. The molecule has 0 fully saturated rings. The number of benzene rings is 1. The molecule has 0 aromatic heterocycles. The van der Waals surface area contributed by atoms with Gasteiger partial charge in [0.2, 0.25) is 0 Å². The molecule has 1 aromatic carbocycles. The molecule has 0 saturated carbocycles. The van der Waals surface area contributed by atoms with Crippen LogP contribution in [0.1, 0.15) is 37.8 Å². The van der Waals surface area contributed by atoms with E-state index in [4.69, 9.17) is 4.74 Å². The monoisotopic (exact) mass is 250 g/mol. The van der Waals surface area contributed by atoms with E-state index in [0.29, 0.717) is 0 Å². The number of carbonyl (C=O) groups is 1. The summed E-state index contributed by atoms with van der Waals surface area (Å²) >= 11 is 0. The van der Waals surface area contributed by atoms with Crippen LogP contribution in [0.2, 0.25) is 0 Å². The van der Waals surface area contributed by atoms with Crippen LogP contribution in [-0.2, 0) is 9.53 Å². The lowest BCUT2D eigenvalue weighted by atomic mass is 9.76. The molecule has 0 amide bonds. The molecule has 0 aliphatic heterocycles. The Hall–Kier alpha value is -1.35. The summed E-state index contributed by atoms with van der Waals surface area (Å²) < 4.78 is 4.75. The number of hydrogen-bond acceptors (Lipinski definition) is 3. The molecule has 18 heavy (non-hydrogen) atoms. The summed E-state index contributed by atoms with van der Waals surface area (Å²) in [6, 6.07) is 7.83. The highest BCUT2D eigenvalue weighted by Gasteiger charge is 2.46. The van der Waals surface area contributed by atoms with Crippen LogP contribution in [0.25, 0.3) is 0 Å². The maximum atomic E-state index is 11.9. The highest BCUT2D eigenvalue weighted by atomic mass is 16.5. The van der Waals surface area contributed by atoms with Crippen LogP contribution >= 0.6 is 0 Å². The Morgan fingerprint density at radius 2 is 1.72 bits per heavy atom. The Balaban J connectivity index is 3.14. The largest absolute Gasteiger partial charge is 0.467 e. The molecular weight excluding hydrogens is 228 g/mol. The van der Waals surface area contributed by atoms with Crippen molar-refractivity contribution in [3.63, 3.8) is 0 Å². The standard InChI is InChI=1S/C15H22O3/c1-10(2)15(17,14(16)18-5)12(4)13-8-6-11(3)7-9-13/h6-10,12,17H,1-5H3. The van der Waals surface area contributed by atoms with E-state index >= 15 is 0 Å². The molecule has 2 unspecified atom stereocenters. The van der Waals surface area contributed by atoms with E-state index in [1.54, 1.807) is 0 Å². The average Bonchev–Trinajstić information content (AvgIpc) is 2.36. The van der Waals surface area contributed by atoms with Crippen LogP contribution in [0.4, 0.5) is 0 Å². The van der Waals surface area contributed by atoms with Crippen LogP contribution in [0.5, 0.6) is 0 Å². The fraction of sp³-hybridized carbons (Fsp3) is 0.533. The molecule has 0 spiro atoms. The van der Waals surface area contributed by atoms with Gasteiger partial charge < -0.3 is 9.84 Å². The number of ether oxygens (including phenoxy) is 1. The molecule has 0 heterocycles. The number of hydrogen-bond donors (Lipinski definition) is 1. The van der Waals surface area contributed by atoms with Gasteiger partial charge in [0.25, 0.3) is 0 Å². The van der Waals surface area contributed by atoms with Crippen molar-refractivity contribution in [3.05, 3.63) is 35.4 Å². The summed E-state index contributed by atoms with van der Waals surface area (Å²) in [5.41, 5.74) is 0.587. The predicted octanol–water partition coefficient (Wildman–Crippen LogP) is 2.66. The highest BCUT2D eigenvalue weighted by molar-refractivity contribution is 5.81. The first kappa shape index (κ1) is 14.7. The quantitative estimate of drug-likeness (QED) is 0.836. The zero-order chi connectivity index (χ0) is 13.9. The fourth-order valence-corrected chi connectivity index (χ4v) is 2.19. The van der Waals surface area contributed by atoms with Crippen LogP contribution in [0.15, 0.2) is 24.3 Å². The van der Waals surface area contributed by atoms with E-state index < -0.39 is 11.6 Å². The Labute approximate surface area is 109 Å². The van der Waals surface area contributed by atoms with Crippen molar-refractivity contribution < 1.29 is 14.6 Å². The zero-order valence-corrected chi connectivity index (χ0v) is 11.7. The van der Waals surface area contributed by atoms with Crippen molar-refractivity contribution in [3.8, 4) is 0 Å². The van der Waals surface area contributed by atoms with Crippen molar-refractivity contribution >= 4 is 5.97 Å². The van der Waals surface area contributed by atoms with Crippen LogP contribution in [0, 0.1) is 12.8 Å². The van der Waals surface area contributed by atoms with Gasteiger partial charge in [-0.2, -0.15) is 0 Å². The minimum atomic E-state index is -1.50. The smallest absolute Gasteiger partial charge is 0.338 e. The Morgan fingerprint density at radius 1 is 1.22 bits per heavy atom. The Bertz CT molecular complexity index is 408. The van der Waals surface area contributed by atoms with Crippen molar-refractivity contribution in [2.75, 3.05) is 7.11 Å². The number of rotatable bonds is 4. The minimum absolute atomic E-state index is 0.221. The van der Waals surface area contributed by atoms with Gasteiger partial charge in [-0.05, 0) is 18.4 Å². The summed E-state index contributed by atoms with van der Waals surface area (Å²) in [7, 11) is 1.30. The molecule has 3 nitrogen and oxygen atoms in total. The van der Waals surface area contributed by atoms with Crippen molar-refractivity contribution in [2.45, 2.75) is 39.2 Å². The van der Waals surface area contributed by atoms with Crippen LogP contribution < -0.4 is 0 Å². The van der Waals surface area contributed by atoms with Crippen molar-refractivity contribution in [2.24, 2.45) is 5.92 Å². The van der Waals surface area contributed by atoms with Gasteiger partial charge in [-0.25, -0.2) is 4.79 Å². The lowest BCUT2D eigenvalue weighted by Crippen LogP contribution is -2.49.